The molecule has 0 radical (unpaired) electrons. The first-order chi connectivity index (χ1) is 8.28. The number of halogens is 6. The Balaban J connectivity index is -0.00000128. The van der Waals surface area contributed by atoms with E-state index in [4.69, 9.17) is 46.4 Å². The van der Waals surface area contributed by atoms with Gasteiger partial charge in [-0.25, -0.2) is 0 Å². The molecule has 0 aromatic heterocycles. The van der Waals surface area contributed by atoms with Gasteiger partial charge < -0.3 is 9.80 Å². The van der Waals surface area contributed by atoms with Crippen LogP contribution in [-0.4, -0.2) is 72.6 Å². The van der Waals surface area contributed by atoms with Crippen molar-refractivity contribution >= 4 is 71.2 Å². The second-order valence-corrected chi connectivity index (χ2v) is 5.30. The Morgan fingerprint density at radius 2 is 0.737 bits per heavy atom. The van der Waals surface area contributed by atoms with E-state index < -0.39 is 0 Å². The van der Waals surface area contributed by atoms with E-state index in [1.165, 1.54) is 0 Å². The molecular formula is C11H24Cl6N2. The maximum atomic E-state index is 5.74. The highest BCUT2D eigenvalue weighted by Crippen LogP contribution is 1.99. The summed E-state index contributed by atoms with van der Waals surface area (Å²) >= 11 is 23.0. The van der Waals surface area contributed by atoms with E-state index in [1.54, 1.807) is 0 Å². The molecule has 8 heteroatoms. The molecule has 0 fully saturated rings. The van der Waals surface area contributed by atoms with Crippen LogP contribution in [-0.2, 0) is 0 Å². The Bertz CT molecular complexity index is 136. The summed E-state index contributed by atoms with van der Waals surface area (Å²) in [6.07, 6.45) is 1.10. The van der Waals surface area contributed by atoms with Gasteiger partial charge in [0.1, 0.15) is 0 Å². The van der Waals surface area contributed by atoms with Gasteiger partial charge in [0, 0.05) is 49.7 Å². The van der Waals surface area contributed by atoms with Crippen LogP contribution in [0, 0.1) is 0 Å². The zero-order valence-corrected chi connectivity index (χ0v) is 15.7. The number of hydrogen-bond acceptors (Lipinski definition) is 2. The highest BCUT2D eigenvalue weighted by molar-refractivity contribution is 6.18. The van der Waals surface area contributed by atoms with Gasteiger partial charge in [-0.15, -0.1) is 71.2 Å². The van der Waals surface area contributed by atoms with Gasteiger partial charge in [-0.05, 0) is 19.5 Å². The van der Waals surface area contributed by atoms with Gasteiger partial charge in [-0.3, -0.25) is 0 Å². The summed E-state index contributed by atoms with van der Waals surface area (Å²) in [4.78, 5) is 4.58. The SMILES string of the molecule is Cl.Cl.ClCCN(CCCl)CCCN(CCCl)CCCl. The average molecular weight is 397 g/mol. The molecule has 0 unspecified atom stereocenters. The van der Waals surface area contributed by atoms with Gasteiger partial charge in [-0.1, -0.05) is 0 Å². The van der Waals surface area contributed by atoms with Crippen LogP contribution in [0.25, 0.3) is 0 Å². The molecule has 0 N–H and O–H groups in total. The van der Waals surface area contributed by atoms with E-state index in [-0.39, 0.29) is 24.8 Å². The van der Waals surface area contributed by atoms with E-state index in [2.05, 4.69) is 9.80 Å². The van der Waals surface area contributed by atoms with E-state index in [1.807, 2.05) is 0 Å². The fourth-order valence-corrected chi connectivity index (χ4v) is 2.62. The Morgan fingerprint density at radius 1 is 0.474 bits per heavy atom. The van der Waals surface area contributed by atoms with Crippen molar-refractivity contribution in [3.63, 3.8) is 0 Å². The largest absolute Gasteiger partial charge is 0.301 e. The maximum Gasteiger partial charge on any atom is 0.0351 e. The molecule has 0 atom stereocenters. The molecule has 19 heavy (non-hydrogen) atoms. The predicted octanol–water partition coefficient (Wildman–Crippen LogP) is 3.78. The molecule has 0 aliphatic heterocycles. The van der Waals surface area contributed by atoms with Crippen LogP contribution >= 0.6 is 71.2 Å². The van der Waals surface area contributed by atoms with Gasteiger partial charge in [0.15, 0.2) is 0 Å². The first kappa shape index (κ1) is 25.6. The Hall–Kier alpha value is 1.66. The number of nitrogens with zero attached hydrogens (tertiary/aromatic N) is 2. The van der Waals surface area contributed by atoms with Crippen LogP contribution in [0.3, 0.4) is 0 Å². The monoisotopic (exact) mass is 394 g/mol. The second kappa shape index (κ2) is 19.7. The molecule has 0 heterocycles. The normalized spacial score (nSPS) is 10.4. The fourth-order valence-electron chi connectivity index (χ4n) is 1.67. The Morgan fingerprint density at radius 3 is 0.947 bits per heavy atom. The highest BCUT2D eigenvalue weighted by atomic mass is 35.5. The van der Waals surface area contributed by atoms with E-state index >= 15 is 0 Å². The lowest BCUT2D eigenvalue weighted by Gasteiger charge is -2.23. The summed E-state index contributed by atoms with van der Waals surface area (Å²) in [5.41, 5.74) is 0. The van der Waals surface area contributed by atoms with Gasteiger partial charge in [-0.2, -0.15) is 0 Å². The summed E-state index contributed by atoms with van der Waals surface area (Å²) in [6.45, 7) is 5.66. The zero-order valence-electron chi connectivity index (χ0n) is 11.0. The van der Waals surface area contributed by atoms with Crippen LogP contribution in [0.4, 0.5) is 0 Å². The van der Waals surface area contributed by atoms with E-state index in [0.29, 0.717) is 23.5 Å². The first-order valence-electron chi connectivity index (χ1n) is 5.97. The fraction of sp³-hybridized carbons (Fsp3) is 1.00. The molecule has 0 saturated carbocycles. The molecule has 0 aromatic carbocycles. The van der Waals surface area contributed by atoms with Crippen LogP contribution in [0.15, 0.2) is 0 Å². The molecule has 0 aliphatic carbocycles. The lowest BCUT2D eigenvalue weighted by Crippen LogP contribution is -2.34. The Kier molecular flexibility index (Phi) is 26.5. The third kappa shape index (κ3) is 15.9. The van der Waals surface area contributed by atoms with Crippen molar-refractivity contribution in [2.24, 2.45) is 0 Å². The van der Waals surface area contributed by atoms with Gasteiger partial charge >= 0.3 is 0 Å². The van der Waals surface area contributed by atoms with Crippen LogP contribution in [0.1, 0.15) is 6.42 Å². The molecule has 0 spiro atoms. The minimum atomic E-state index is 0. The standard InChI is InChI=1S/C11H22Cl4N2.2ClH/c12-2-8-16(9-3-13)6-1-7-17(10-4-14)11-5-15;;/h1-11H2;2*1H. The predicted molar refractivity (Wildman–Crippen MR) is 94.9 cm³/mol. The van der Waals surface area contributed by atoms with Crippen molar-refractivity contribution in [3.05, 3.63) is 0 Å². The summed E-state index contributed by atoms with van der Waals surface area (Å²) in [5, 5.41) is 0. The summed E-state index contributed by atoms with van der Waals surface area (Å²) in [6, 6.07) is 0. The molecule has 0 aliphatic rings. The van der Waals surface area contributed by atoms with Crippen molar-refractivity contribution in [1.29, 1.82) is 0 Å². The Labute approximate surface area is 149 Å². The molecule has 2 nitrogen and oxygen atoms in total. The summed E-state index contributed by atoms with van der Waals surface area (Å²) in [7, 11) is 0. The third-order valence-corrected chi connectivity index (χ3v) is 3.23. The molecule has 0 rings (SSSR count). The quantitative estimate of drug-likeness (QED) is 0.463. The van der Waals surface area contributed by atoms with Crippen LogP contribution < -0.4 is 0 Å². The van der Waals surface area contributed by atoms with Gasteiger partial charge in [0.05, 0.1) is 0 Å². The van der Waals surface area contributed by atoms with Crippen molar-refractivity contribution < 1.29 is 0 Å². The zero-order chi connectivity index (χ0) is 12.9. The average Bonchev–Trinajstić information content (AvgIpc) is 2.30. The maximum absolute atomic E-state index is 5.74. The van der Waals surface area contributed by atoms with Crippen molar-refractivity contribution in [1.82, 2.24) is 9.80 Å². The number of alkyl halides is 4. The molecule has 120 valence electrons. The van der Waals surface area contributed by atoms with Crippen molar-refractivity contribution in [3.8, 4) is 0 Å². The minimum absolute atomic E-state index is 0. The minimum Gasteiger partial charge on any atom is -0.301 e. The van der Waals surface area contributed by atoms with Gasteiger partial charge in [0.2, 0.25) is 0 Å². The lowest BCUT2D eigenvalue weighted by atomic mass is 10.3. The summed E-state index contributed by atoms with van der Waals surface area (Å²) < 4.78 is 0. The highest BCUT2D eigenvalue weighted by Gasteiger charge is 2.06. The molecule has 0 amide bonds. The molecule has 0 bridgehead atoms. The first-order valence-corrected chi connectivity index (χ1v) is 8.10. The van der Waals surface area contributed by atoms with Crippen LogP contribution in [0.2, 0.25) is 0 Å². The molecule has 0 aromatic rings. The van der Waals surface area contributed by atoms with Gasteiger partial charge in [0.25, 0.3) is 0 Å². The molecule has 0 saturated heterocycles. The van der Waals surface area contributed by atoms with E-state index in [0.717, 1.165) is 45.7 Å². The summed E-state index contributed by atoms with van der Waals surface area (Å²) in [5.74, 6) is 2.63. The lowest BCUT2D eigenvalue weighted by molar-refractivity contribution is 0.253. The topological polar surface area (TPSA) is 6.48 Å². The molecular weight excluding hydrogens is 373 g/mol. The number of hydrogen-bond donors (Lipinski definition) is 0. The van der Waals surface area contributed by atoms with Crippen LogP contribution in [0.5, 0.6) is 0 Å². The van der Waals surface area contributed by atoms with Crippen molar-refractivity contribution in [2.75, 3.05) is 62.8 Å². The van der Waals surface area contributed by atoms with E-state index in [9.17, 15) is 0 Å². The number of rotatable bonds is 12. The second-order valence-electron chi connectivity index (χ2n) is 3.79. The van der Waals surface area contributed by atoms with Crippen molar-refractivity contribution in [2.45, 2.75) is 6.42 Å². The third-order valence-electron chi connectivity index (χ3n) is 2.55. The smallest absolute Gasteiger partial charge is 0.0351 e.